The van der Waals surface area contributed by atoms with Crippen LogP contribution in [0.2, 0.25) is 5.02 Å². The lowest BCUT2D eigenvalue weighted by molar-refractivity contribution is 0.305. The van der Waals surface area contributed by atoms with Crippen molar-refractivity contribution in [3.05, 3.63) is 64.7 Å². The van der Waals surface area contributed by atoms with Gasteiger partial charge in [-0.1, -0.05) is 23.7 Å². The molecule has 4 heteroatoms. The van der Waals surface area contributed by atoms with E-state index in [4.69, 9.17) is 16.3 Å². The fourth-order valence-corrected chi connectivity index (χ4v) is 1.60. The van der Waals surface area contributed by atoms with Crippen molar-refractivity contribution in [1.29, 1.82) is 0 Å². The molecular weight excluding hydrogens is 246 g/mol. The van der Waals surface area contributed by atoms with Gasteiger partial charge in [-0.15, -0.1) is 0 Å². The predicted octanol–water partition coefficient (Wildman–Crippen LogP) is 4.20. The van der Waals surface area contributed by atoms with Crippen LogP contribution >= 0.6 is 11.6 Å². The highest BCUT2D eigenvalue weighted by molar-refractivity contribution is 6.32. The molecule has 2 rings (SSSR count). The molecule has 0 heterocycles. The van der Waals surface area contributed by atoms with Crippen molar-refractivity contribution >= 4 is 11.6 Å². The monoisotopic (exact) mass is 254 g/mol. The number of benzene rings is 2. The number of rotatable bonds is 3. The Morgan fingerprint density at radius 3 is 2.47 bits per heavy atom. The number of ether oxygens (including phenoxy) is 1. The Hall–Kier alpha value is -1.61. The highest BCUT2D eigenvalue weighted by atomic mass is 35.5. The van der Waals surface area contributed by atoms with Crippen molar-refractivity contribution in [3.63, 3.8) is 0 Å². The van der Waals surface area contributed by atoms with Crippen molar-refractivity contribution < 1.29 is 13.5 Å². The molecule has 88 valence electrons. The Morgan fingerprint density at radius 2 is 1.76 bits per heavy atom. The van der Waals surface area contributed by atoms with Gasteiger partial charge in [0.1, 0.15) is 24.0 Å². The van der Waals surface area contributed by atoms with Gasteiger partial charge in [-0.05, 0) is 35.9 Å². The summed E-state index contributed by atoms with van der Waals surface area (Å²) in [4.78, 5) is 0. The Labute approximate surface area is 103 Å². The summed E-state index contributed by atoms with van der Waals surface area (Å²) in [5.74, 6) is -0.373. The topological polar surface area (TPSA) is 9.23 Å². The van der Waals surface area contributed by atoms with E-state index in [9.17, 15) is 8.78 Å². The van der Waals surface area contributed by atoms with Crippen LogP contribution in [0.1, 0.15) is 5.56 Å². The van der Waals surface area contributed by atoms with Gasteiger partial charge in [-0.2, -0.15) is 0 Å². The van der Waals surface area contributed by atoms with Crippen LogP contribution < -0.4 is 4.74 Å². The Balaban J connectivity index is 2.07. The van der Waals surface area contributed by atoms with Crippen molar-refractivity contribution in [3.8, 4) is 5.75 Å². The summed E-state index contributed by atoms with van der Waals surface area (Å²) < 4.78 is 31.0. The van der Waals surface area contributed by atoms with Crippen molar-refractivity contribution in [2.75, 3.05) is 0 Å². The second kappa shape index (κ2) is 5.15. The standard InChI is InChI=1S/C13H9ClF2O/c14-12-7-11(16)4-5-13(12)17-8-9-2-1-3-10(15)6-9/h1-7H,8H2. The predicted molar refractivity (Wildman–Crippen MR) is 62.1 cm³/mol. The molecule has 0 unspecified atom stereocenters. The molecule has 0 radical (unpaired) electrons. The molecule has 0 saturated heterocycles. The second-order valence-electron chi connectivity index (χ2n) is 3.49. The maximum atomic E-state index is 12.9. The molecule has 1 nitrogen and oxygen atoms in total. The average Bonchev–Trinajstić information content (AvgIpc) is 2.28. The molecule has 17 heavy (non-hydrogen) atoms. The molecular formula is C13H9ClF2O. The van der Waals surface area contributed by atoms with Crippen molar-refractivity contribution in [1.82, 2.24) is 0 Å². The quantitative estimate of drug-likeness (QED) is 0.798. The highest BCUT2D eigenvalue weighted by Crippen LogP contribution is 2.25. The lowest BCUT2D eigenvalue weighted by atomic mass is 10.2. The van der Waals surface area contributed by atoms with Gasteiger partial charge in [0.25, 0.3) is 0 Å². The van der Waals surface area contributed by atoms with E-state index < -0.39 is 5.82 Å². The first-order valence-corrected chi connectivity index (χ1v) is 5.35. The SMILES string of the molecule is Fc1cccc(COc2ccc(F)cc2Cl)c1. The van der Waals surface area contributed by atoms with Gasteiger partial charge in [-0.25, -0.2) is 8.78 Å². The van der Waals surface area contributed by atoms with Crippen LogP contribution in [0.4, 0.5) is 8.78 Å². The highest BCUT2D eigenvalue weighted by Gasteiger charge is 2.03. The molecule has 0 saturated carbocycles. The van der Waals surface area contributed by atoms with Gasteiger partial charge in [-0.3, -0.25) is 0 Å². The summed E-state index contributed by atoms with van der Waals surface area (Å²) >= 11 is 5.79. The number of hydrogen-bond acceptors (Lipinski definition) is 1. The Morgan fingerprint density at radius 1 is 1.00 bits per heavy atom. The molecule has 0 bridgehead atoms. The minimum atomic E-state index is -0.423. The minimum Gasteiger partial charge on any atom is -0.487 e. The van der Waals surface area contributed by atoms with E-state index in [0.717, 1.165) is 0 Å². The minimum absolute atomic E-state index is 0.184. The third-order valence-corrected chi connectivity index (χ3v) is 2.47. The van der Waals surface area contributed by atoms with Crippen LogP contribution in [0.15, 0.2) is 42.5 Å². The van der Waals surface area contributed by atoms with E-state index in [2.05, 4.69) is 0 Å². The van der Waals surface area contributed by atoms with Gasteiger partial charge in [0.2, 0.25) is 0 Å². The molecule has 2 aromatic carbocycles. The molecule has 0 aliphatic heterocycles. The molecule has 2 aromatic rings. The van der Waals surface area contributed by atoms with Gasteiger partial charge in [0.15, 0.2) is 0 Å². The molecule has 0 aliphatic rings. The summed E-state index contributed by atoms with van der Waals surface area (Å²) in [6.45, 7) is 0.184. The summed E-state index contributed by atoms with van der Waals surface area (Å²) in [5, 5.41) is 0.196. The zero-order valence-electron chi connectivity index (χ0n) is 8.79. The second-order valence-corrected chi connectivity index (χ2v) is 3.90. The number of hydrogen-bond donors (Lipinski definition) is 0. The summed E-state index contributed by atoms with van der Waals surface area (Å²) in [6, 6.07) is 9.93. The molecule has 0 N–H and O–H groups in total. The van der Waals surface area contributed by atoms with E-state index in [1.165, 1.54) is 30.3 Å². The van der Waals surface area contributed by atoms with E-state index in [0.29, 0.717) is 11.3 Å². The molecule has 0 amide bonds. The van der Waals surface area contributed by atoms with E-state index in [1.54, 1.807) is 12.1 Å². The van der Waals surface area contributed by atoms with Gasteiger partial charge < -0.3 is 4.74 Å². The van der Waals surface area contributed by atoms with E-state index in [1.807, 2.05) is 0 Å². The maximum absolute atomic E-state index is 12.9. The van der Waals surface area contributed by atoms with Crippen molar-refractivity contribution in [2.45, 2.75) is 6.61 Å². The summed E-state index contributed by atoms with van der Waals surface area (Å²) in [5.41, 5.74) is 0.686. The molecule has 0 aromatic heterocycles. The van der Waals surface area contributed by atoms with Crippen LogP contribution in [-0.2, 0) is 6.61 Å². The Bertz CT molecular complexity index is 529. The average molecular weight is 255 g/mol. The first-order chi connectivity index (χ1) is 8.15. The van der Waals surface area contributed by atoms with Crippen LogP contribution in [0, 0.1) is 11.6 Å². The fourth-order valence-electron chi connectivity index (χ4n) is 1.38. The van der Waals surface area contributed by atoms with Crippen LogP contribution in [-0.4, -0.2) is 0 Å². The molecule has 0 fully saturated rings. The number of halogens is 3. The normalized spacial score (nSPS) is 10.3. The van der Waals surface area contributed by atoms with Crippen molar-refractivity contribution in [2.24, 2.45) is 0 Å². The van der Waals surface area contributed by atoms with Gasteiger partial charge >= 0.3 is 0 Å². The van der Waals surface area contributed by atoms with Crippen LogP contribution in [0.3, 0.4) is 0 Å². The zero-order valence-corrected chi connectivity index (χ0v) is 9.55. The smallest absolute Gasteiger partial charge is 0.138 e. The summed E-state index contributed by atoms with van der Waals surface area (Å²) in [7, 11) is 0. The first-order valence-electron chi connectivity index (χ1n) is 4.97. The molecule has 0 spiro atoms. The largest absolute Gasteiger partial charge is 0.487 e. The van der Waals surface area contributed by atoms with Crippen LogP contribution in [0.25, 0.3) is 0 Å². The Kier molecular flexibility index (Phi) is 3.59. The van der Waals surface area contributed by atoms with E-state index >= 15 is 0 Å². The lowest BCUT2D eigenvalue weighted by Gasteiger charge is -2.08. The van der Waals surface area contributed by atoms with Gasteiger partial charge in [0.05, 0.1) is 5.02 Å². The first kappa shape index (κ1) is 11.9. The summed E-state index contributed by atoms with van der Waals surface area (Å²) in [6.07, 6.45) is 0. The lowest BCUT2D eigenvalue weighted by Crippen LogP contribution is -1.96. The maximum Gasteiger partial charge on any atom is 0.138 e. The van der Waals surface area contributed by atoms with E-state index in [-0.39, 0.29) is 17.4 Å². The third kappa shape index (κ3) is 3.17. The van der Waals surface area contributed by atoms with Crippen LogP contribution in [0.5, 0.6) is 5.75 Å². The fraction of sp³-hybridized carbons (Fsp3) is 0.0769. The molecule has 0 aliphatic carbocycles. The van der Waals surface area contributed by atoms with Gasteiger partial charge in [0, 0.05) is 0 Å². The molecule has 0 atom stereocenters. The zero-order chi connectivity index (χ0) is 12.3. The third-order valence-electron chi connectivity index (χ3n) is 2.18.